The predicted molar refractivity (Wildman–Crippen MR) is 76.6 cm³/mol. The van der Waals surface area contributed by atoms with Gasteiger partial charge in [-0.2, -0.15) is 0 Å². The fourth-order valence-electron chi connectivity index (χ4n) is 1.74. The van der Waals surface area contributed by atoms with Gasteiger partial charge in [-0.3, -0.25) is 0 Å². The summed E-state index contributed by atoms with van der Waals surface area (Å²) >= 11 is 0. The van der Waals surface area contributed by atoms with Crippen LogP contribution in [0.1, 0.15) is 24.5 Å². The van der Waals surface area contributed by atoms with Crippen molar-refractivity contribution >= 4 is 15.7 Å². The molecular formula is C13H22N2O3S. The summed E-state index contributed by atoms with van der Waals surface area (Å²) < 4.78 is 32.1. The fraction of sp³-hybridized carbons (Fsp3) is 0.538. The molecule has 108 valence electrons. The second-order valence-corrected chi connectivity index (χ2v) is 6.14. The van der Waals surface area contributed by atoms with Crippen molar-refractivity contribution in [1.82, 2.24) is 4.72 Å². The van der Waals surface area contributed by atoms with E-state index in [1.165, 1.54) is 6.07 Å². The maximum absolute atomic E-state index is 12.2. The molecule has 5 nitrogen and oxygen atoms in total. The lowest BCUT2D eigenvalue weighted by atomic mass is 10.1. The highest BCUT2D eigenvalue weighted by Gasteiger charge is 2.17. The van der Waals surface area contributed by atoms with E-state index in [-0.39, 0.29) is 4.90 Å². The van der Waals surface area contributed by atoms with Crippen LogP contribution in [0.3, 0.4) is 0 Å². The van der Waals surface area contributed by atoms with E-state index in [4.69, 9.17) is 10.5 Å². The van der Waals surface area contributed by atoms with Crippen LogP contribution in [0.4, 0.5) is 5.69 Å². The number of hydrogen-bond donors (Lipinski definition) is 2. The van der Waals surface area contributed by atoms with Crippen LogP contribution in [0.5, 0.6) is 0 Å². The van der Waals surface area contributed by atoms with Crippen LogP contribution in [0.25, 0.3) is 0 Å². The first kappa shape index (κ1) is 15.9. The molecule has 0 aliphatic carbocycles. The minimum absolute atomic E-state index is 0.251. The Bertz CT molecular complexity index is 527. The summed E-state index contributed by atoms with van der Waals surface area (Å²) in [5, 5.41) is 0. The van der Waals surface area contributed by atoms with Crippen molar-refractivity contribution < 1.29 is 13.2 Å². The molecule has 1 aromatic carbocycles. The largest absolute Gasteiger partial charge is 0.399 e. The third-order valence-electron chi connectivity index (χ3n) is 2.89. The molecule has 6 heteroatoms. The minimum atomic E-state index is -3.51. The molecule has 19 heavy (non-hydrogen) atoms. The van der Waals surface area contributed by atoms with Crippen molar-refractivity contribution in [2.75, 3.05) is 25.5 Å². The number of anilines is 1. The summed E-state index contributed by atoms with van der Waals surface area (Å²) in [6.45, 7) is 7.08. The monoisotopic (exact) mass is 286 g/mol. The normalized spacial score (nSPS) is 11.7. The van der Waals surface area contributed by atoms with E-state index in [2.05, 4.69) is 4.72 Å². The number of ether oxygens (including phenoxy) is 1. The number of nitrogens with two attached hydrogens (primary N) is 1. The molecule has 0 saturated heterocycles. The predicted octanol–water partition coefficient (Wildman–Crippen LogP) is 1.59. The highest BCUT2D eigenvalue weighted by atomic mass is 32.2. The Labute approximate surface area is 115 Å². The molecule has 1 rings (SSSR count). The van der Waals surface area contributed by atoms with E-state index in [1.807, 2.05) is 13.8 Å². The SMILES string of the molecule is CCOCCCNS(=O)(=O)c1cc(N)cc(C)c1C. The summed E-state index contributed by atoms with van der Waals surface area (Å²) in [6, 6.07) is 3.26. The molecule has 0 fully saturated rings. The minimum Gasteiger partial charge on any atom is -0.399 e. The molecule has 0 unspecified atom stereocenters. The van der Waals surface area contributed by atoms with Crippen LogP contribution < -0.4 is 10.5 Å². The maximum Gasteiger partial charge on any atom is 0.240 e. The zero-order chi connectivity index (χ0) is 14.5. The topological polar surface area (TPSA) is 81.4 Å². The number of nitrogens with one attached hydrogen (secondary N) is 1. The lowest BCUT2D eigenvalue weighted by Crippen LogP contribution is -2.26. The van der Waals surface area contributed by atoms with Crippen LogP contribution >= 0.6 is 0 Å². The van der Waals surface area contributed by atoms with E-state index in [1.54, 1.807) is 13.0 Å². The van der Waals surface area contributed by atoms with E-state index in [9.17, 15) is 8.42 Å². The first-order valence-corrected chi connectivity index (χ1v) is 7.81. The van der Waals surface area contributed by atoms with Gasteiger partial charge in [-0.1, -0.05) is 0 Å². The Balaban J connectivity index is 2.78. The fourth-order valence-corrected chi connectivity index (χ4v) is 3.16. The highest BCUT2D eigenvalue weighted by molar-refractivity contribution is 7.89. The third kappa shape index (κ3) is 4.49. The van der Waals surface area contributed by atoms with Crippen molar-refractivity contribution in [3.8, 4) is 0 Å². The van der Waals surface area contributed by atoms with Gasteiger partial charge < -0.3 is 10.5 Å². The molecule has 0 amide bonds. The first-order valence-electron chi connectivity index (χ1n) is 6.32. The van der Waals surface area contributed by atoms with Gasteiger partial charge in [0.1, 0.15) is 0 Å². The van der Waals surface area contributed by atoms with Gasteiger partial charge in [0.2, 0.25) is 10.0 Å². The van der Waals surface area contributed by atoms with Gasteiger partial charge in [0.05, 0.1) is 4.90 Å². The Morgan fingerprint density at radius 2 is 2.00 bits per heavy atom. The lowest BCUT2D eigenvalue weighted by molar-refractivity contribution is 0.146. The highest BCUT2D eigenvalue weighted by Crippen LogP contribution is 2.22. The van der Waals surface area contributed by atoms with Gasteiger partial charge in [-0.15, -0.1) is 0 Å². The lowest BCUT2D eigenvalue weighted by Gasteiger charge is -2.12. The van der Waals surface area contributed by atoms with Gasteiger partial charge in [-0.25, -0.2) is 13.1 Å². The summed E-state index contributed by atoms with van der Waals surface area (Å²) in [5.41, 5.74) is 7.76. The molecule has 0 spiro atoms. The quantitative estimate of drug-likeness (QED) is 0.589. The zero-order valence-corrected chi connectivity index (χ0v) is 12.5. The van der Waals surface area contributed by atoms with Gasteiger partial charge in [-0.05, 0) is 50.5 Å². The summed E-state index contributed by atoms with van der Waals surface area (Å²) in [5.74, 6) is 0. The van der Waals surface area contributed by atoms with Crippen molar-refractivity contribution in [3.63, 3.8) is 0 Å². The Morgan fingerprint density at radius 1 is 1.32 bits per heavy atom. The molecule has 0 aromatic heterocycles. The van der Waals surface area contributed by atoms with E-state index < -0.39 is 10.0 Å². The number of sulfonamides is 1. The second-order valence-electron chi connectivity index (χ2n) is 4.41. The first-order chi connectivity index (χ1) is 8.88. The average Bonchev–Trinajstić information content (AvgIpc) is 2.33. The van der Waals surface area contributed by atoms with Crippen molar-refractivity contribution in [2.45, 2.75) is 32.1 Å². The average molecular weight is 286 g/mol. The Hall–Kier alpha value is -1.11. The van der Waals surface area contributed by atoms with Crippen LogP contribution in [-0.4, -0.2) is 28.2 Å². The zero-order valence-electron chi connectivity index (χ0n) is 11.7. The number of hydrogen-bond acceptors (Lipinski definition) is 4. The molecule has 0 aliphatic heterocycles. The van der Waals surface area contributed by atoms with Gasteiger partial charge in [0, 0.05) is 25.4 Å². The Kier molecular flexibility index (Phi) is 5.78. The summed E-state index contributed by atoms with van der Waals surface area (Å²) in [4.78, 5) is 0.251. The van der Waals surface area contributed by atoms with Crippen LogP contribution in [-0.2, 0) is 14.8 Å². The molecule has 0 atom stereocenters. The third-order valence-corrected chi connectivity index (χ3v) is 4.48. The van der Waals surface area contributed by atoms with Crippen molar-refractivity contribution in [3.05, 3.63) is 23.3 Å². The van der Waals surface area contributed by atoms with Crippen molar-refractivity contribution in [1.29, 1.82) is 0 Å². The molecule has 0 aliphatic rings. The number of benzene rings is 1. The smallest absolute Gasteiger partial charge is 0.240 e. The molecule has 0 heterocycles. The molecule has 1 aromatic rings. The van der Waals surface area contributed by atoms with Crippen molar-refractivity contribution in [2.24, 2.45) is 0 Å². The molecule has 0 radical (unpaired) electrons. The van der Waals surface area contributed by atoms with E-state index in [0.29, 0.717) is 31.9 Å². The van der Waals surface area contributed by atoms with E-state index >= 15 is 0 Å². The maximum atomic E-state index is 12.2. The van der Waals surface area contributed by atoms with Gasteiger partial charge in [0.25, 0.3) is 0 Å². The standard InChI is InChI=1S/C13H22N2O3S/c1-4-18-7-5-6-15-19(16,17)13-9-12(14)8-10(2)11(13)3/h8-9,15H,4-7,14H2,1-3H3. The number of aryl methyl sites for hydroxylation is 1. The Morgan fingerprint density at radius 3 is 2.63 bits per heavy atom. The van der Waals surface area contributed by atoms with E-state index in [0.717, 1.165) is 11.1 Å². The number of nitrogen functional groups attached to an aromatic ring is 1. The van der Waals surface area contributed by atoms with Crippen LogP contribution in [0.15, 0.2) is 17.0 Å². The second kappa shape index (κ2) is 6.88. The molecular weight excluding hydrogens is 264 g/mol. The summed E-state index contributed by atoms with van der Waals surface area (Å²) in [7, 11) is -3.51. The van der Waals surface area contributed by atoms with Crippen LogP contribution in [0, 0.1) is 13.8 Å². The molecule has 3 N–H and O–H groups in total. The molecule has 0 bridgehead atoms. The summed E-state index contributed by atoms with van der Waals surface area (Å²) in [6.07, 6.45) is 0.646. The number of rotatable bonds is 7. The molecule has 0 saturated carbocycles. The van der Waals surface area contributed by atoms with Gasteiger partial charge >= 0.3 is 0 Å². The van der Waals surface area contributed by atoms with Gasteiger partial charge in [0.15, 0.2) is 0 Å². The van der Waals surface area contributed by atoms with Crippen LogP contribution in [0.2, 0.25) is 0 Å².